The normalized spacial score (nSPS) is 18.2. The largest absolute Gasteiger partial charge is 0.494 e. The number of aromatic nitrogens is 2. The zero-order valence-corrected chi connectivity index (χ0v) is 14.9. The molecule has 0 bridgehead atoms. The highest BCUT2D eigenvalue weighted by molar-refractivity contribution is 5.75. The summed E-state index contributed by atoms with van der Waals surface area (Å²) in [5.41, 5.74) is 1.16. The number of rotatable bonds is 6. The second-order valence-electron chi connectivity index (χ2n) is 6.43. The molecule has 0 spiro atoms. The molecule has 0 unspecified atom stereocenters. The van der Waals surface area contributed by atoms with Crippen molar-refractivity contribution < 1.29 is 9.53 Å². The second-order valence-corrected chi connectivity index (χ2v) is 6.43. The molecule has 2 heterocycles. The molecule has 1 aliphatic heterocycles. The number of carbonyl (C=O) groups excluding carboxylic acids is 1. The summed E-state index contributed by atoms with van der Waals surface area (Å²) in [6.07, 6.45) is 5.67. The first kappa shape index (κ1) is 17.3. The summed E-state index contributed by atoms with van der Waals surface area (Å²) < 4.78 is 7.33. The zero-order chi connectivity index (χ0) is 17.6. The van der Waals surface area contributed by atoms with Gasteiger partial charge in [0.05, 0.1) is 19.2 Å². The Balaban J connectivity index is 1.61. The summed E-state index contributed by atoms with van der Waals surface area (Å²) in [6.45, 7) is 6.09. The first-order valence-electron chi connectivity index (χ1n) is 8.94. The number of nitrogens with zero attached hydrogens (tertiary/aromatic N) is 3. The van der Waals surface area contributed by atoms with Crippen LogP contribution in [0, 0.1) is 0 Å². The Hall–Kier alpha value is -2.50. The van der Waals surface area contributed by atoms with E-state index in [9.17, 15) is 4.79 Å². The minimum atomic E-state index is -0.00367. The molecule has 0 saturated carbocycles. The highest BCUT2D eigenvalue weighted by Crippen LogP contribution is 2.32. The van der Waals surface area contributed by atoms with Crippen LogP contribution >= 0.6 is 0 Å². The molecule has 1 N–H and O–H groups in total. The molecule has 0 radical (unpaired) electrons. The number of nitrogens with one attached hydrogen (secondary N) is 1. The van der Waals surface area contributed by atoms with E-state index in [0.29, 0.717) is 13.2 Å². The molecule has 134 valence electrons. The van der Waals surface area contributed by atoms with Crippen LogP contribution in [0.3, 0.4) is 0 Å². The molecule has 1 aromatic carbocycles. The van der Waals surface area contributed by atoms with E-state index >= 15 is 0 Å². The minimum Gasteiger partial charge on any atom is -0.494 e. The number of benzene rings is 1. The Morgan fingerprint density at radius 2 is 2.20 bits per heavy atom. The smallest absolute Gasteiger partial charge is 0.318 e. The van der Waals surface area contributed by atoms with E-state index in [1.165, 1.54) is 0 Å². The molecule has 1 aromatic heterocycles. The van der Waals surface area contributed by atoms with Gasteiger partial charge >= 0.3 is 6.03 Å². The second kappa shape index (κ2) is 8.05. The first-order chi connectivity index (χ1) is 12.2. The van der Waals surface area contributed by atoms with E-state index in [1.54, 1.807) is 6.20 Å². The van der Waals surface area contributed by atoms with Crippen molar-refractivity contribution in [3.63, 3.8) is 0 Å². The Labute approximate surface area is 148 Å². The van der Waals surface area contributed by atoms with Gasteiger partial charge in [0.1, 0.15) is 5.75 Å². The standard InChI is InChI=1S/C19H26N4O2/c1-3-25-17-9-7-16(8-10-17)18-6-4-13-23(18)19(24)21-15(2)14-22-12-5-11-20-22/h5,7-12,15,18H,3-4,6,13-14H2,1-2H3,(H,21,24)/t15-,18+/m0/s1. The lowest BCUT2D eigenvalue weighted by molar-refractivity contribution is 0.188. The lowest BCUT2D eigenvalue weighted by atomic mass is 10.0. The zero-order valence-electron chi connectivity index (χ0n) is 14.9. The molecule has 2 atom stereocenters. The Morgan fingerprint density at radius 3 is 2.88 bits per heavy atom. The average molecular weight is 342 g/mol. The Morgan fingerprint density at radius 1 is 1.40 bits per heavy atom. The number of carbonyl (C=O) groups is 1. The van der Waals surface area contributed by atoms with Crippen molar-refractivity contribution in [3.05, 3.63) is 48.3 Å². The molecule has 1 saturated heterocycles. The van der Waals surface area contributed by atoms with Crippen LogP contribution in [0.4, 0.5) is 4.79 Å². The van der Waals surface area contributed by atoms with Crippen LogP contribution in [0.25, 0.3) is 0 Å². The van der Waals surface area contributed by atoms with Crippen molar-refractivity contribution >= 4 is 6.03 Å². The van der Waals surface area contributed by atoms with E-state index in [1.807, 2.05) is 47.8 Å². The van der Waals surface area contributed by atoms with Crippen molar-refractivity contribution in [2.24, 2.45) is 0 Å². The van der Waals surface area contributed by atoms with Gasteiger partial charge in [-0.25, -0.2) is 4.79 Å². The number of hydrogen-bond acceptors (Lipinski definition) is 3. The molecule has 1 aliphatic rings. The van der Waals surface area contributed by atoms with E-state index < -0.39 is 0 Å². The van der Waals surface area contributed by atoms with Gasteiger partial charge in [-0.3, -0.25) is 4.68 Å². The highest BCUT2D eigenvalue weighted by atomic mass is 16.5. The molecule has 25 heavy (non-hydrogen) atoms. The minimum absolute atomic E-state index is 0.00367. The predicted octanol–water partition coefficient (Wildman–Crippen LogP) is 3.22. The third-order valence-electron chi connectivity index (χ3n) is 4.48. The Kier molecular flexibility index (Phi) is 5.58. The van der Waals surface area contributed by atoms with Crippen LogP contribution in [0.5, 0.6) is 5.75 Å². The number of likely N-dealkylation sites (tertiary alicyclic amines) is 1. The molecule has 3 rings (SSSR count). The molecular formula is C19H26N4O2. The summed E-state index contributed by atoms with van der Waals surface area (Å²) in [5.74, 6) is 0.869. The van der Waals surface area contributed by atoms with Gasteiger partial charge in [0, 0.05) is 25.0 Å². The lowest BCUT2D eigenvalue weighted by Crippen LogP contribution is -2.44. The fraction of sp³-hybridized carbons (Fsp3) is 0.474. The third-order valence-corrected chi connectivity index (χ3v) is 4.48. The number of ether oxygens (including phenoxy) is 1. The Bertz CT molecular complexity index is 669. The van der Waals surface area contributed by atoms with Crippen molar-refractivity contribution in [1.29, 1.82) is 0 Å². The number of amides is 2. The van der Waals surface area contributed by atoms with Crippen molar-refractivity contribution in [3.8, 4) is 5.75 Å². The summed E-state index contributed by atoms with van der Waals surface area (Å²) in [5, 5.41) is 7.28. The van der Waals surface area contributed by atoms with Gasteiger partial charge in [-0.05, 0) is 50.5 Å². The number of urea groups is 1. The maximum atomic E-state index is 12.7. The van der Waals surface area contributed by atoms with Gasteiger partial charge < -0.3 is 15.0 Å². The van der Waals surface area contributed by atoms with E-state index in [4.69, 9.17) is 4.74 Å². The molecule has 1 fully saturated rings. The maximum absolute atomic E-state index is 12.7. The predicted molar refractivity (Wildman–Crippen MR) is 96.5 cm³/mol. The third kappa shape index (κ3) is 4.32. The van der Waals surface area contributed by atoms with Crippen LogP contribution in [0.2, 0.25) is 0 Å². The lowest BCUT2D eigenvalue weighted by Gasteiger charge is -2.27. The SMILES string of the molecule is CCOc1ccc([C@H]2CCCN2C(=O)N[C@@H](C)Cn2cccn2)cc1. The van der Waals surface area contributed by atoms with Crippen LogP contribution < -0.4 is 10.1 Å². The van der Waals surface area contributed by atoms with Crippen molar-refractivity contribution in [2.45, 2.75) is 45.3 Å². The summed E-state index contributed by atoms with van der Waals surface area (Å²) >= 11 is 0. The molecule has 2 aromatic rings. The topological polar surface area (TPSA) is 59.4 Å². The van der Waals surface area contributed by atoms with Crippen LogP contribution in [0.1, 0.15) is 38.3 Å². The van der Waals surface area contributed by atoms with Crippen LogP contribution in [-0.4, -0.2) is 39.9 Å². The van der Waals surface area contributed by atoms with E-state index in [0.717, 1.165) is 30.7 Å². The molecule has 2 amide bonds. The first-order valence-corrected chi connectivity index (χ1v) is 8.94. The summed E-state index contributed by atoms with van der Waals surface area (Å²) in [7, 11) is 0. The monoisotopic (exact) mass is 342 g/mol. The summed E-state index contributed by atoms with van der Waals surface area (Å²) in [4.78, 5) is 14.6. The van der Waals surface area contributed by atoms with Crippen LogP contribution in [0.15, 0.2) is 42.7 Å². The summed E-state index contributed by atoms with van der Waals surface area (Å²) in [6, 6.07) is 10.1. The van der Waals surface area contributed by atoms with Crippen LogP contribution in [-0.2, 0) is 6.54 Å². The van der Waals surface area contributed by atoms with Crippen molar-refractivity contribution in [1.82, 2.24) is 20.0 Å². The average Bonchev–Trinajstić information content (AvgIpc) is 3.27. The fourth-order valence-electron chi connectivity index (χ4n) is 3.34. The number of hydrogen-bond donors (Lipinski definition) is 1. The molecule has 0 aliphatic carbocycles. The van der Waals surface area contributed by atoms with E-state index in [2.05, 4.69) is 22.5 Å². The van der Waals surface area contributed by atoms with Gasteiger partial charge in [-0.2, -0.15) is 5.10 Å². The van der Waals surface area contributed by atoms with E-state index in [-0.39, 0.29) is 18.1 Å². The van der Waals surface area contributed by atoms with Gasteiger partial charge in [-0.1, -0.05) is 12.1 Å². The van der Waals surface area contributed by atoms with Crippen molar-refractivity contribution in [2.75, 3.05) is 13.2 Å². The van der Waals surface area contributed by atoms with Gasteiger partial charge in [0.15, 0.2) is 0 Å². The molecular weight excluding hydrogens is 316 g/mol. The highest BCUT2D eigenvalue weighted by Gasteiger charge is 2.30. The maximum Gasteiger partial charge on any atom is 0.318 e. The quantitative estimate of drug-likeness (QED) is 0.877. The van der Waals surface area contributed by atoms with Gasteiger partial charge in [-0.15, -0.1) is 0 Å². The fourth-order valence-corrected chi connectivity index (χ4v) is 3.34. The van der Waals surface area contributed by atoms with Gasteiger partial charge in [0.2, 0.25) is 0 Å². The van der Waals surface area contributed by atoms with Gasteiger partial charge in [0.25, 0.3) is 0 Å². The molecule has 6 heteroatoms. The molecule has 6 nitrogen and oxygen atoms in total.